The van der Waals surface area contributed by atoms with Crippen LogP contribution in [0.25, 0.3) is 0 Å². The van der Waals surface area contributed by atoms with Gasteiger partial charge in [0.15, 0.2) is 0 Å². The predicted molar refractivity (Wildman–Crippen MR) is 107 cm³/mol. The minimum Gasteiger partial charge on any atom is -0.349 e. The summed E-state index contributed by atoms with van der Waals surface area (Å²) in [6.45, 7) is 7.74. The van der Waals surface area contributed by atoms with E-state index in [0.717, 1.165) is 12.1 Å². The lowest BCUT2D eigenvalue weighted by Crippen LogP contribution is -3.06. The van der Waals surface area contributed by atoms with E-state index in [1.165, 1.54) is 10.5 Å². The Hall–Kier alpha value is -1.53. The number of hydrogen-bond acceptors (Lipinski definition) is 3. The van der Waals surface area contributed by atoms with Gasteiger partial charge in [0.25, 0.3) is 0 Å². The number of nitrogens with zero attached hydrogens (tertiary/aromatic N) is 1. The molecule has 1 aliphatic heterocycles. The third-order valence-corrected chi connectivity index (χ3v) is 5.72. The van der Waals surface area contributed by atoms with Crippen LogP contribution in [-0.2, 0) is 9.59 Å². The van der Waals surface area contributed by atoms with Crippen molar-refractivity contribution < 1.29 is 14.5 Å². The molecule has 2 amide bonds. The molecule has 1 aromatic carbocycles. The molecule has 6 heteroatoms. The lowest BCUT2D eigenvalue weighted by atomic mass is 10.0. The fourth-order valence-electron chi connectivity index (χ4n) is 3.20. The third kappa shape index (κ3) is 5.48. The Morgan fingerprint density at radius 3 is 2.73 bits per heavy atom. The summed E-state index contributed by atoms with van der Waals surface area (Å²) in [7, 11) is 4.12. The Morgan fingerprint density at radius 2 is 2.12 bits per heavy atom. The molecule has 0 aromatic heterocycles. The maximum Gasteiger partial charge on any atom is 0.243 e. The molecule has 2 rings (SSSR count). The molecule has 0 bridgehead atoms. The van der Waals surface area contributed by atoms with Gasteiger partial charge in [-0.05, 0) is 24.8 Å². The van der Waals surface area contributed by atoms with Crippen LogP contribution in [0, 0.1) is 12.8 Å². The highest BCUT2D eigenvalue weighted by atomic mass is 32.2. The summed E-state index contributed by atoms with van der Waals surface area (Å²) in [6, 6.07) is 7.82. The summed E-state index contributed by atoms with van der Waals surface area (Å²) < 4.78 is 0. The molecule has 1 aromatic rings. The Labute approximate surface area is 161 Å². The van der Waals surface area contributed by atoms with E-state index in [-0.39, 0.29) is 17.2 Å². The van der Waals surface area contributed by atoms with Crippen molar-refractivity contribution in [2.75, 3.05) is 32.9 Å². The van der Waals surface area contributed by atoms with Gasteiger partial charge in [-0.3, -0.25) is 9.59 Å². The van der Waals surface area contributed by atoms with Crippen LogP contribution in [-0.4, -0.2) is 55.7 Å². The van der Waals surface area contributed by atoms with E-state index >= 15 is 0 Å². The number of likely N-dealkylation sites (N-methyl/N-ethyl adjacent to an activating group) is 1. The molecule has 0 radical (unpaired) electrons. The number of carbonyl (C=O) groups excluding carboxylic acids is 2. The Balaban J connectivity index is 2.22. The van der Waals surface area contributed by atoms with E-state index in [4.69, 9.17) is 0 Å². The first-order chi connectivity index (χ1) is 12.3. The quantitative estimate of drug-likeness (QED) is 0.716. The molecule has 0 aliphatic carbocycles. The highest BCUT2D eigenvalue weighted by Crippen LogP contribution is 2.41. The van der Waals surface area contributed by atoms with E-state index in [1.54, 1.807) is 11.8 Å². The number of thioether (sulfide) groups is 1. The summed E-state index contributed by atoms with van der Waals surface area (Å²) >= 11 is 1.61. The molecule has 5 nitrogen and oxygen atoms in total. The number of hydrogen-bond donors (Lipinski definition) is 2. The van der Waals surface area contributed by atoms with E-state index in [9.17, 15) is 9.59 Å². The van der Waals surface area contributed by atoms with Gasteiger partial charge in [0.05, 0.1) is 32.9 Å². The van der Waals surface area contributed by atoms with Crippen molar-refractivity contribution in [1.29, 1.82) is 0 Å². The van der Waals surface area contributed by atoms with Crippen molar-refractivity contribution in [2.24, 2.45) is 5.92 Å². The molecule has 0 unspecified atom stereocenters. The second-order valence-electron chi connectivity index (χ2n) is 7.77. The number of nitrogens with one attached hydrogen (secondary N) is 2. The fourth-order valence-corrected chi connectivity index (χ4v) is 4.41. The lowest BCUT2D eigenvalue weighted by Gasteiger charge is -2.33. The van der Waals surface area contributed by atoms with Gasteiger partial charge >= 0.3 is 0 Å². The normalized spacial score (nSPS) is 18.7. The topological polar surface area (TPSA) is 53.9 Å². The number of rotatable bonds is 8. The first kappa shape index (κ1) is 20.8. The predicted octanol–water partition coefficient (Wildman–Crippen LogP) is 1.24. The van der Waals surface area contributed by atoms with Gasteiger partial charge in [-0.25, -0.2) is 0 Å². The Morgan fingerprint density at radius 1 is 1.38 bits per heavy atom. The first-order valence-corrected chi connectivity index (χ1v) is 10.4. The van der Waals surface area contributed by atoms with Crippen molar-refractivity contribution in [3.05, 3.63) is 35.4 Å². The number of aryl methyl sites for hydroxylation is 1. The van der Waals surface area contributed by atoms with Crippen molar-refractivity contribution in [3.63, 3.8) is 0 Å². The SMILES string of the molecule is Cc1cccc([C@H]2SCC(=O)N2[C@H](CC(C)C)C(=O)NCC[NH+](C)C)c1. The van der Waals surface area contributed by atoms with E-state index < -0.39 is 6.04 Å². The van der Waals surface area contributed by atoms with Gasteiger partial charge in [0.1, 0.15) is 11.4 Å². The van der Waals surface area contributed by atoms with Gasteiger partial charge < -0.3 is 15.1 Å². The minimum atomic E-state index is -0.417. The maximum atomic E-state index is 12.9. The second-order valence-corrected chi connectivity index (χ2v) is 8.84. The summed E-state index contributed by atoms with van der Waals surface area (Å²) in [6.07, 6.45) is 0.676. The zero-order chi connectivity index (χ0) is 19.3. The highest BCUT2D eigenvalue weighted by molar-refractivity contribution is 8.00. The Bertz CT molecular complexity index is 633. The summed E-state index contributed by atoms with van der Waals surface area (Å²) in [5, 5.41) is 2.95. The number of benzene rings is 1. The standard InChI is InChI=1S/C20H31N3O2S/c1-14(2)11-17(19(25)21-9-10-22(4)5)23-18(24)13-26-20(23)16-8-6-7-15(3)12-16/h6-8,12,14,17,20H,9-11,13H2,1-5H3,(H,21,25)/p+1/t17-,20-/m1/s1. The molecular weight excluding hydrogens is 346 g/mol. The summed E-state index contributed by atoms with van der Waals surface area (Å²) in [4.78, 5) is 28.7. The van der Waals surface area contributed by atoms with Gasteiger partial charge in [0.2, 0.25) is 11.8 Å². The molecule has 0 saturated carbocycles. The van der Waals surface area contributed by atoms with Crippen LogP contribution in [0.4, 0.5) is 0 Å². The largest absolute Gasteiger partial charge is 0.349 e. The molecule has 2 atom stereocenters. The van der Waals surface area contributed by atoms with Gasteiger partial charge in [-0.1, -0.05) is 43.7 Å². The molecule has 26 heavy (non-hydrogen) atoms. The highest BCUT2D eigenvalue weighted by Gasteiger charge is 2.41. The van der Waals surface area contributed by atoms with Crippen molar-refractivity contribution in [2.45, 2.75) is 38.6 Å². The van der Waals surface area contributed by atoms with Crippen LogP contribution in [0.15, 0.2) is 24.3 Å². The van der Waals surface area contributed by atoms with Crippen LogP contribution < -0.4 is 10.2 Å². The molecule has 1 fully saturated rings. The van der Waals surface area contributed by atoms with Crippen molar-refractivity contribution in [1.82, 2.24) is 10.2 Å². The maximum absolute atomic E-state index is 12.9. The number of carbonyl (C=O) groups is 2. The fraction of sp³-hybridized carbons (Fsp3) is 0.600. The zero-order valence-electron chi connectivity index (χ0n) is 16.5. The van der Waals surface area contributed by atoms with Gasteiger partial charge in [0, 0.05) is 0 Å². The van der Waals surface area contributed by atoms with E-state index in [0.29, 0.717) is 24.6 Å². The lowest BCUT2D eigenvalue weighted by molar-refractivity contribution is -0.856. The number of quaternary nitrogens is 1. The molecular formula is C20H32N3O2S+. The van der Waals surface area contributed by atoms with E-state index in [2.05, 4.69) is 58.4 Å². The third-order valence-electron chi connectivity index (χ3n) is 4.49. The molecule has 144 valence electrons. The van der Waals surface area contributed by atoms with E-state index in [1.807, 2.05) is 11.0 Å². The molecule has 2 N–H and O–H groups in total. The van der Waals surface area contributed by atoms with Crippen LogP contribution in [0.2, 0.25) is 0 Å². The molecule has 1 aliphatic rings. The van der Waals surface area contributed by atoms with Crippen LogP contribution in [0.3, 0.4) is 0 Å². The van der Waals surface area contributed by atoms with Crippen LogP contribution >= 0.6 is 11.8 Å². The van der Waals surface area contributed by atoms with Crippen LogP contribution in [0.1, 0.15) is 36.8 Å². The smallest absolute Gasteiger partial charge is 0.243 e. The monoisotopic (exact) mass is 378 g/mol. The van der Waals surface area contributed by atoms with Crippen LogP contribution in [0.5, 0.6) is 0 Å². The summed E-state index contributed by atoms with van der Waals surface area (Å²) in [5.41, 5.74) is 2.27. The average Bonchev–Trinajstić information content (AvgIpc) is 2.93. The second kappa shape index (κ2) is 9.42. The number of amides is 2. The van der Waals surface area contributed by atoms with Crippen molar-refractivity contribution >= 4 is 23.6 Å². The average molecular weight is 379 g/mol. The van der Waals surface area contributed by atoms with Gasteiger partial charge in [-0.2, -0.15) is 0 Å². The zero-order valence-corrected chi connectivity index (χ0v) is 17.4. The molecule has 0 spiro atoms. The first-order valence-electron chi connectivity index (χ1n) is 9.35. The molecule has 1 heterocycles. The minimum absolute atomic E-state index is 0.0338. The van der Waals surface area contributed by atoms with Gasteiger partial charge in [-0.15, -0.1) is 11.8 Å². The van der Waals surface area contributed by atoms with Crippen molar-refractivity contribution in [3.8, 4) is 0 Å². The Kier molecular flexibility index (Phi) is 7.53. The molecule has 1 saturated heterocycles. The summed E-state index contributed by atoms with van der Waals surface area (Å²) in [5.74, 6) is 0.790.